The fourth-order valence-corrected chi connectivity index (χ4v) is 7.09. The van der Waals surface area contributed by atoms with Gasteiger partial charge in [-0.25, -0.2) is 24.0 Å². The summed E-state index contributed by atoms with van der Waals surface area (Å²) >= 11 is 0. The molecule has 0 spiro atoms. The predicted molar refractivity (Wildman–Crippen MR) is 543 cm³/mol. The highest BCUT2D eigenvalue weighted by molar-refractivity contribution is 6.01. The number of hydrogen-bond donors (Lipinski definition) is 5. The predicted octanol–water partition coefficient (Wildman–Crippen LogP) is 6.99. The van der Waals surface area contributed by atoms with Crippen LogP contribution in [0.25, 0.3) is 0 Å². The molecule has 0 fully saturated rings. The minimum absolute atomic E-state index is 0.00712. The Balaban J connectivity index is -0.000000158. The number of carbonyl (C=O) groups excluding carboxylic acids is 29. The van der Waals surface area contributed by atoms with Crippen molar-refractivity contribution < 1.29 is 201 Å². The molecule has 47 nitrogen and oxygen atoms in total. The fraction of sp³-hybridized carbons (Fsp3) is 0.505. The summed E-state index contributed by atoms with van der Waals surface area (Å²) in [4.78, 5) is 310. The third-order valence-corrected chi connectivity index (χ3v) is 14.0. The first-order valence-electron chi connectivity index (χ1n) is 45.5. The van der Waals surface area contributed by atoms with Crippen LogP contribution in [0.2, 0.25) is 0 Å². The zero-order valence-corrected chi connectivity index (χ0v) is 90.6. The summed E-state index contributed by atoms with van der Waals surface area (Å²) in [5.74, 6) is -10.8. The summed E-state index contributed by atoms with van der Waals surface area (Å²) in [6.07, 6.45) is 8.21. The molecule has 842 valence electrons. The van der Waals surface area contributed by atoms with Crippen molar-refractivity contribution in [2.24, 2.45) is 0 Å². The van der Waals surface area contributed by atoms with Crippen LogP contribution in [0, 0.1) is 0 Å². The van der Waals surface area contributed by atoms with Crippen LogP contribution in [0.15, 0.2) is 133 Å². The van der Waals surface area contributed by atoms with Gasteiger partial charge in [-0.2, -0.15) is 0 Å². The SMILES string of the molecule is C/C=C/C(=O)OCCOC(=O)CC(C)=O.C/C=C/COC(=O)CC(C)=O.C=C(C)C(=O)NCCNC(=O)CC(C)=O.C=C(C)C(=O)NCCOC(=O)CC(C)=O.C=C(C)C(=O)OCCNC(=O)CC(C)=O.C=C(C)C(=O)OCCOC(=O)CC(C)=O.C=C(C)COC(=O)CC(C)=O.C=CC(=O)OCCNC(=O)CC(C)=O.C=CC(=O)OCCOC(=O)CC(C)=O.CC(=O)CC(=O)OCC(C)=C(C)C.CC(=O)CC(=O)OCC=C(C)C. The Morgan fingerprint density at radius 3 is 0.767 bits per heavy atom. The minimum atomic E-state index is -0.618. The summed E-state index contributed by atoms with van der Waals surface area (Å²) in [5, 5.41) is 12.4. The number of Topliss-reactive ketones (excluding diaryl/α,β-unsaturated/α-hetero) is 11. The molecule has 0 aliphatic heterocycles. The second kappa shape index (κ2) is 104. The van der Waals surface area contributed by atoms with Gasteiger partial charge in [0.2, 0.25) is 29.5 Å². The van der Waals surface area contributed by atoms with Crippen molar-refractivity contribution in [3.05, 3.63) is 133 Å². The normalized spacial score (nSPS) is 9.25. The van der Waals surface area contributed by atoms with Gasteiger partial charge in [-0.1, -0.05) is 75.4 Å². The van der Waals surface area contributed by atoms with E-state index in [0.717, 1.165) is 34.4 Å². The maximum atomic E-state index is 11.0. The van der Waals surface area contributed by atoms with E-state index in [1.165, 1.54) is 96.1 Å². The Labute approximate surface area is 875 Å². The Morgan fingerprint density at radius 2 is 0.480 bits per heavy atom. The van der Waals surface area contributed by atoms with Crippen LogP contribution < -0.4 is 26.6 Å². The number of allylic oxidation sites excluding steroid dienone is 4. The number of ketones is 11. The number of ether oxygens (including phenoxy) is 13. The van der Waals surface area contributed by atoms with Gasteiger partial charge in [0, 0.05) is 53.6 Å². The average Bonchev–Trinajstić information content (AvgIpc) is 0.982. The molecule has 0 saturated carbocycles. The highest BCUT2D eigenvalue weighted by atomic mass is 16.6. The van der Waals surface area contributed by atoms with Crippen LogP contribution in [0.1, 0.15) is 230 Å². The number of carbonyl (C=O) groups is 29. The van der Waals surface area contributed by atoms with Crippen molar-refractivity contribution in [1.82, 2.24) is 26.6 Å². The topological polar surface area (TPSA) is 675 Å². The lowest BCUT2D eigenvalue weighted by molar-refractivity contribution is -0.151. The Hall–Kier alpha value is -16.0. The first kappa shape index (κ1) is 157. The zero-order chi connectivity index (χ0) is 119. The van der Waals surface area contributed by atoms with Gasteiger partial charge < -0.3 is 88.2 Å². The van der Waals surface area contributed by atoms with Gasteiger partial charge in [-0.15, -0.1) is 0 Å². The van der Waals surface area contributed by atoms with Crippen LogP contribution >= 0.6 is 0 Å². The van der Waals surface area contributed by atoms with E-state index in [1.807, 2.05) is 41.5 Å². The van der Waals surface area contributed by atoms with E-state index in [4.69, 9.17) is 14.2 Å². The molecule has 0 aromatic carbocycles. The van der Waals surface area contributed by atoms with Gasteiger partial charge in [0.15, 0.2) is 0 Å². The third-order valence-electron chi connectivity index (χ3n) is 14.0. The molecule has 0 aliphatic rings. The van der Waals surface area contributed by atoms with E-state index in [-0.39, 0.29) is 275 Å². The lowest BCUT2D eigenvalue weighted by atomic mass is 10.2. The molecule has 5 amide bonds. The van der Waals surface area contributed by atoms with Crippen LogP contribution in [-0.4, -0.2) is 289 Å². The van der Waals surface area contributed by atoms with Crippen molar-refractivity contribution >= 4 is 171 Å². The average molecular weight is 2130 g/mol. The number of rotatable bonds is 58. The summed E-state index contributed by atoms with van der Waals surface area (Å²) in [6.45, 7) is 61.7. The lowest BCUT2D eigenvalue weighted by Gasteiger charge is -2.05. The van der Waals surface area contributed by atoms with Crippen molar-refractivity contribution in [3.8, 4) is 0 Å². The molecule has 0 aromatic heterocycles. The van der Waals surface area contributed by atoms with Crippen LogP contribution in [0.4, 0.5) is 0 Å². The second-order valence-electron chi connectivity index (χ2n) is 31.2. The second-order valence-corrected chi connectivity index (χ2v) is 31.2. The highest BCUT2D eigenvalue weighted by Gasteiger charge is 2.16. The first-order valence-corrected chi connectivity index (χ1v) is 45.5. The number of esters is 13. The van der Waals surface area contributed by atoms with E-state index >= 15 is 0 Å². The van der Waals surface area contributed by atoms with Crippen molar-refractivity contribution in [3.63, 3.8) is 0 Å². The summed E-state index contributed by atoms with van der Waals surface area (Å²) in [6, 6.07) is 0. The van der Waals surface area contributed by atoms with Gasteiger partial charge in [-0.05, 0) is 176 Å². The molecule has 0 atom stereocenters. The monoisotopic (exact) mass is 2130 g/mol. The number of amides is 5. The largest absolute Gasteiger partial charge is 0.463 e. The molecular formula is C103H153N5O42. The molecule has 0 aliphatic carbocycles. The molecule has 150 heavy (non-hydrogen) atoms. The van der Waals surface area contributed by atoms with E-state index in [0.29, 0.717) is 29.8 Å². The van der Waals surface area contributed by atoms with Gasteiger partial charge in [0.05, 0.1) is 38.9 Å². The Kier molecular flexibility index (Phi) is 109. The Morgan fingerprint density at radius 1 is 0.240 bits per heavy atom. The number of hydrogen-bond acceptors (Lipinski definition) is 42. The summed E-state index contributed by atoms with van der Waals surface area (Å²) in [5.41, 5.74) is 5.42. The maximum absolute atomic E-state index is 11.0. The maximum Gasteiger partial charge on any atom is 0.333 e. The van der Waals surface area contributed by atoms with Gasteiger partial charge in [-0.3, -0.25) is 115 Å². The molecular weight excluding hydrogens is 1980 g/mol. The molecule has 0 heterocycles. The molecule has 5 N–H and O–H groups in total. The zero-order valence-electron chi connectivity index (χ0n) is 90.6. The van der Waals surface area contributed by atoms with Gasteiger partial charge in [0.1, 0.15) is 201 Å². The van der Waals surface area contributed by atoms with Crippen molar-refractivity contribution in [1.29, 1.82) is 0 Å². The smallest absolute Gasteiger partial charge is 0.333 e. The van der Waals surface area contributed by atoms with E-state index in [2.05, 4.69) is 120 Å². The van der Waals surface area contributed by atoms with E-state index in [1.54, 1.807) is 52.0 Å². The summed E-state index contributed by atoms with van der Waals surface area (Å²) in [7, 11) is 0. The minimum Gasteiger partial charge on any atom is -0.463 e. The fourth-order valence-electron chi connectivity index (χ4n) is 7.09. The number of nitrogens with one attached hydrogen (secondary N) is 5. The van der Waals surface area contributed by atoms with Gasteiger partial charge >= 0.3 is 77.6 Å². The highest BCUT2D eigenvalue weighted by Crippen LogP contribution is 2.05. The van der Waals surface area contributed by atoms with E-state index in [9.17, 15) is 139 Å². The quantitative estimate of drug-likeness (QED) is 0.0102. The molecule has 0 saturated heterocycles. The van der Waals surface area contributed by atoms with Gasteiger partial charge in [0.25, 0.3) is 0 Å². The molecule has 0 bridgehead atoms. The van der Waals surface area contributed by atoms with E-state index < -0.39 is 77.6 Å². The van der Waals surface area contributed by atoms with Crippen molar-refractivity contribution in [2.75, 3.05) is 119 Å². The molecule has 47 heteroatoms. The third kappa shape index (κ3) is 145. The first-order chi connectivity index (χ1) is 69.5. The lowest BCUT2D eigenvalue weighted by Crippen LogP contribution is -2.35. The van der Waals surface area contributed by atoms with Crippen LogP contribution in [0.3, 0.4) is 0 Å². The molecule has 0 rings (SSSR count). The standard InChI is InChI=1S/C10H16N2O3.2C10H15NO4.2C10H14O5.C10H16O3.C9H13NO4.C9H12O5.C9H14O3.2C8H12O3/c1-7(2)10(15)12-5-4-11-9(14)6-8(3)13;1-7(2)10(14)11-4-5-15-9(13)6-8(3)12;1-7(2)10(14)15-5-4-11-9(13)6-8(3)12;1-7(2)10(13)15-5-4-14-9(12)6-8(3)11;1-3-4-9(12)14-5-6-15-10(13)7-8(2)11;1-7(2)8(3)6-13-10(12)5-9(4)11;1-3-9(13)14-5-4-10-8(12)6-7(2)11;1-3-8(11)13-4-5-14-9(12)6-7(2)10;1-7(2)4-5-12-9(11)6-8(3)10;1-6(2)5-11-8(10)4-7(3)9;1-3-4-5-11-8(10)6-7(2)9/h1,4-6H2,2-3H3,(H,11,14)(H,12,15);1,4-6H2,2-3H3,(H,11,14);1,4-6H2,2-3H3,(H,11,13);1,4-6H2,2-3H3;3-4H,5-7H2,1-2H3;5-6H2,1-4H3;3H,1,4-6H2,2H3,(H,10,12);3H,1,4-6H2,2H3;4H,5-6H2,1-3H3;1,4-5H2,2-3H3;3-4H,5-6H2,1-2H3/b;;;;4-3+;;;;;;4-3+. The Bertz CT molecular complexity index is 4370. The molecule has 0 aromatic rings. The summed E-state index contributed by atoms with van der Waals surface area (Å²) < 4.78 is 60.5. The molecule has 0 radical (unpaired) electrons. The van der Waals surface area contributed by atoms with Crippen LogP contribution in [0.5, 0.6) is 0 Å². The molecule has 0 unspecified atom stereocenters. The van der Waals surface area contributed by atoms with Crippen molar-refractivity contribution in [2.45, 2.75) is 230 Å². The van der Waals surface area contributed by atoms with Crippen LogP contribution in [-0.2, 0) is 201 Å².